The summed E-state index contributed by atoms with van der Waals surface area (Å²) in [5, 5.41) is 9.16. The molecule has 0 heterocycles. The first kappa shape index (κ1) is 9.26. The Morgan fingerprint density at radius 1 is 1.70 bits per heavy atom. The highest BCUT2D eigenvalue weighted by Gasteiger charge is 1.97. The Morgan fingerprint density at radius 2 is 2.40 bits per heavy atom. The summed E-state index contributed by atoms with van der Waals surface area (Å²) in [5.41, 5.74) is 0. The number of aliphatic hydroxyl groups excluding tert-OH is 1. The van der Waals surface area contributed by atoms with Gasteiger partial charge in [0.1, 0.15) is 0 Å². The molecule has 1 N–H and O–H groups in total. The summed E-state index contributed by atoms with van der Waals surface area (Å²) in [5.74, 6) is 5.56. The molecule has 0 radical (unpaired) electrons. The van der Waals surface area contributed by atoms with E-state index in [1.807, 2.05) is 6.08 Å². The first-order valence-corrected chi connectivity index (χ1v) is 3.49. The molecule has 10 heavy (non-hydrogen) atoms. The smallest absolute Gasteiger partial charge is 0.0652 e. The second-order valence-electron chi connectivity index (χ2n) is 2.15. The van der Waals surface area contributed by atoms with Crippen LogP contribution in [0.25, 0.3) is 0 Å². The maximum absolute atomic E-state index is 9.16. The summed E-state index contributed by atoms with van der Waals surface area (Å²) in [6.45, 7) is 5.34. The van der Waals surface area contributed by atoms with Crippen molar-refractivity contribution in [2.24, 2.45) is 0 Å². The molecule has 0 aliphatic carbocycles. The van der Waals surface area contributed by atoms with Crippen molar-refractivity contribution in [3.63, 3.8) is 0 Å². The summed E-state index contributed by atoms with van der Waals surface area (Å²) in [7, 11) is 0. The fourth-order valence-electron chi connectivity index (χ4n) is 0.632. The molecule has 0 fully saturated rings. The third-order valence-electron chi connectivity index (χ3n) is 1.22. The molecule has 56 valence electrons. The van der Waals surface area contributed by atoms with Gasteiger partial charge in [-0.15, -0.1) is 18.4 Å². The van der Waals surface area contributed by atoms with Crippen LogP contribution in [0.5, 0.6) is 0 Å². The Bertz CT molecular complexity index is 139. The molecule has 0 spiro atoms. The maximum Gasteiger partial charge on any atom is 0.0652 e. The van der Waals surface area contributed by atoms with Crippen LogP contribution in [0, 0.1) is 11.8 Å². The van der Waals surface area contributed by atoms with Crippen LogP contribution in [-0.2, 0) is 0 Å². The standard InChI is InChI=1S/C9H14O/c1-3-5-7-9(10)8-6-4-2/h3,9-10H,1,5,7-8H2,2H3. The van der Waals surface area contributed by atoms with Crippen molar-refractivity contribution in [2.45, 2.75) is 32.3 Å². The van der Waals surface area contributed by atoms with Gasteiger partial charge in [0.05, 0.1) is 6.10 Å². The third kappa shape index (κ3) is 5.40. The Kier molecular flexibility index (Phi) is 5.91. The van der Waals surface area contributed by atoms with Crippen molar-refractivity contribution < 1.29 is 5.11 Å². The predicted octanol–water partition coefficient (Wildman–Crippen LogP) is 1.73. The number of rotatable bonds is 4. The third-order valence-corrected chi connectivity index (χ3v) is 1.22. The molecule has 0 aromatic heterocycles. The van der Waals surface area contributed by atoms with Gasteiger partial charge in [0.2, 0.25) is 0 Å². The highest BCUT2D eigenvalue weighted by atomic mass is 16.3. The molecular formula is C9H14O. The topological polar surface area (TPSA) is 20.2 Å². The number of hydrogen-bond donors (Lipinski definition) is 1. The highest BCUT2D eigenvalue weighted by molar-refractivity contribution is 4.96. The van der Waals surface area contributed by atoms with Crippen LogP contribution in [0.2, 0.25) is 0 Å². The average molecular weight is 138 g/mol. The van der Waals surface area contributed by atoms with Crippen molar-refractivity contribution in [2.75, 3.05) is 0 Å². The van der Waals surface area contributed by atoms with E-state index in [1.54, 1.807) is 6.92 Å². The summed E-state index contributed by atoms with van der Waals surface area (Å²) >= 11 is 0. The Balaban J connectivity index is 3.30. The second-order valence-corrected chi connectivity index (χ2v) is 2.15. The van der Waals surface area contributed by atoms with E-state index >= 15 is 0 Å². The van der Waals surface area contributed by atoms with E-state index < -0.39 is 0 Å². The van der Waals surface area contributed by atoms with Crippen LogP contribution in [-0.4, -0.2) is 11.2 Å². The van der Waals surface area contributed by atoms with Crippen molar-refractivity contribution in [3.8, 4) is 11.8 Å². The lowest BCUT2D eigenvalue weighted by atomic mass is 10.1. The monoisotopic (exact) mass is 138 g/mol. The van der Waals surface area contributed by atoms with Gasteiger partial charge in [-0.1, -0.05) is 6.08 Å². The molecule has 0 aliphatic heterocycles. The van der Waals surface area contributed by atoms with Crippen molar-refractivity contribution in [3.05, 3.63) is 12.7 Å². The molecule has 0 saturated carbocycles. The van der Waals surface area contributed by atoms with Gasteiger partial charge in [-0.2, -0.15) is 0 Å². The zero-order valence-corrected chi connectivity index (χ0v) is 6.43. The van der Waals surface area contributed by atoms with Gasteiger partial charge < -0.3 is 5.11 Å². The molecule has 0 bridgehead atoms. The van der Waals surface area contributed by atoms with Gasteiger partial charge in [-0.3, -0.25) is 0 Å². The van der Waals surface area contributed by atoms with Crippen LogP contribution in [0.15, 0.2) is 12.7 Å². The molecule has 0 aromatic carbocycles. The van der Waals surface area contributed by atoms with Crippen molar-refractivity contribution in [1.82, 2.24) is 0 Å². The molecule has 0 rings (SSSR count). The lowest BCUT2D eigenvalue weighted by Gasteiger charge is -2.02. The van der Waals surface area contributed by atoms with Crippen LogP contribution < -0.4 is 0 Å². The normalized spacial score (nSPS) is 11.4. The fraction of sp³-hybridized carbons (Fsp3) is 0.556. The second kappa shape index (κ2) is 6.38. The lowest BCUT2D eigenvalue weighted by Crippen LogP contribution is -2.03. The zero-order valence-electron chi connectivity index (χ0n) is 6.43. The zero-order chi connectivity index (χ0) is 7.82. The first-order chi connectivity index (χ1) is 4.81. The number of aliphatic hydroxyl groups is 1. The molecule has 1 unspecified atom stereocenters. The summed E-state index contributed by atoms with van der Waals surface area (Å²) in [4.78, 5) is 0. The van der Waals surface area contributed by atoms with E-state index in [0.29, 0.717) is 6.42 Å². The lowest BCUT2D eigenvalue weighted by molar-refractivity contribution is 0.171. The molecule has 0 aromatic rings. The highest BCUT2D eigenvalue weighted by Crippen LogP contribution is 2.00. The number of allylic oxidation sites excluding steroid dienone is 1. The van der Waals surface area contributed by atoms with Crippen molar-refractivity contribution >= 4 is 0 Å². The molecule has 1 nitrogen and oxygen atoms in total. The minimum Gasteiger partial charge on any atom is -0.392 e. The minimum atomic E-state index is -0.273. The van der Waals surface area contributed by atoms with Gasteiger partial charge >= 0.3 is 0 Å². The predicted molar refractivity (Wildman–Crippen MR) is 43.5 cm³/mol. The summed E-state index contributed by atoms with van der Waals surface area (Å²) in [6.07, 6.45) is 3.77. The van der Waals surface area contributed by atoms with Gasteiger partial charge in [0.25, 0.3) is 0 Å². The molecule has 0 aliphatic rings. The van der Waals surface area contributed by atoms with E-state index in [9.17, 15) is 0 Å². The van der Waals surface area contributed by atoms with Gasteiger partial charge in [-0.25, -0.2) is 0 Å². The average Bonchev–Trinajstić information content (AvgIpc) is 1.97. The largest absolute Gasteiger partial charge is 0.392 e. The van der Waals surface area contributed by atoms with E-state index in [2.05, 4.69) is 18.4 Å². The minimum absolute atomic E-state index is 0.273. The van der Waals surface area contributed by atoms with E-state index in [0.717, 1.165) is 12.8 Å². The van der Waals surface area contributed by atoms with Crippen LogP contribution in [0.4, 0.5) is 0 Å². The SMILES string of the molecule is C=CCCC(O)CC#CC. The Labute approximate surface area is 62.8 Å². The molecular weight excluding hydrogens is 124 g/mol. The first-order valence-electron chi connectivity index (χ1n) is 3.49. The summed E-state index contributed by atoms with van der Waals surface area (Å²) < 4.78 is 0. The van der Waals surface area contributed by atoms with Crippen LogP contribution >= 0.6 is 0 Å². The maximum atomic E-state index is 9.16. The molecule has 0 saturated heterocycles. The number of hydrogen-bond acceptors (Lipinski definition) is 1. The van der Waals surface area contributed by atoms with Gasteiger partial charge in [0, 0.05) is 6.42 Å². The molecule has 1 heteroatoms. The van der Waals surface area contributed by atoms with E-state index in [-0.39, 0.29) is 6.10 Å². The van der Waals surface area contributed by atoms with Crippen molar-refractivity contribution in [1.29, 1.82) is 0 Å². The molecule has 1 atom stereocenters. The quantitative estimate of drug-likeness (QED) is 0.463. The Hall–Kier alpha value is -0.740. The van der Waals surface area contributed by atoms with Gasteiger partial charge in [0.15, 0.2) is 0 Å². The van der Waals surface area contributed by atoms with E-state index in [4.69, 9.17) is 5.11 Å². The van der Waals surface area contributed by atoms with Crippen LogP contribution in [0.3, 0.4) is 0 Å². The van der Waals surface area contributed by atoms with Gasteiger partial charge in [-0.05, 0) is 19.8 Å². The summed E-state index contributed by atoms with van der Waals surface area (Å²) in [6, 6.07) is 0. The Morgan fingerprint density at radius 3 is 2.90 bits per heavy atom. The van der Waals surface area contributed by atoms with Crippen LogP contribution in [0.1, 0.15) is 26.2 Å². The molecule has 0 amide bonds. The fourth-order valence-corrected chi connectivity index (χ4v) is 0.632. The van der Waals surface area contributed by atoms with E-state index in [1.165, 1.54) is 0 Å².